The van der Waals surface area contributed by atoms with Gasteiger partial charge >= 0.3 is 0 Å². The highest BCUT2D eigenvalue weighted by atomic mass is 19.2. The summed E-state index contributed by atoms with van der Waals surface area (Å²) >= 11 is 0. The van der Waals surface area contributed by atoms with Gasteiger partial charge in [-0.15, -0.1) is 0 Å². The molecule has 0 aliphatic carbocycles. The van der Waals surface area contributed by atoms with Crippen molar-refractivity contribution in [1.82, 2.24) is 5.32 Å². The lowest BCUT2D eigenvalue weighted by Gasteiger charge is -2.12. The molecule has 0 bridgehead atoms. The molecular weight excluding hydrogens is 336 g/mol. The number of nitrogens with one attached hydrogen (secondary N) is 1. The highest BCUT2D eigenvalue weighted by Crippen LogP contribution is 2.29. The number of halogens is 2. The SMILES string of the molecule is O=C(NCCOc1ccccc1-c1ccccc1)c1cccc(F)c1F. The summed E-state index contributed by atoms with van der Waals surface area (Å²) in [6, 6.07) is 20.9. The van der Waals surface area contributed by atoms with Gasteiger partial charge in [0, 0.05) is 5.56 Å². The van der Waals surface area contributed by atoms with Crippen molar-refractivity contribution in [2.24, 2.45) is 0 Å². The van der Waals surface area contributed by atoms with E-state index in [-0.39, 0.29) is 18.7 Å². The van der Waals surface area contributed by atoms with Crippen molar-refractivity contribution in [3.8, 4) is 16.9 Å². The fraction of sp³-hybridized carbons (Fsp3) is 0.0952. The molecule has 3 aromatic carbocycles. The van der Waals surface area contributed by atoms with E-state index in [1.54, 1.807) is 0 Å². The Balaban J connectivity index is 1.59. The summed E-state index contributed by atoms with van der Waals surface area (Å²) in [7, 11) is 0. The quantitative estimate of drug-likeness (QED) is 0.666. The highest BCUT2D eigenvalue weighted by Gasteiger charge is 2.14. The minimum Gasteiger partial charge on any atom is -0.491 e. The average Bonchev–Trinajstić information content (AvgIpc) is 2.68. The van der Waals surface area contributed by atoms with Gasteiger partial charge in [-0.1, -0.05) is 54.6 Å². The van der Waals surface area contributed by atoms with Crippen LogP contribution < -0.4 is 10.1 Å². The van der Waals surface area contributed by atoms with Crippen LogP contribution in [0, 0.1) is 11.6 Å². The lowest BCUT2D eigenvalue weighted by atomic mass is 10.1. The number of rotatable bonds is 6. The molecule has 0 aliphatic heterocycles. The first kappa shape index (κ1) is 17.6. The molecule has 26 heavy (non-hydrogen) atoms. The second kappa shape index (κ2) is 8.25. The van der Waals surface area contributed by atoms with E-state index >= 15 is 0 Å². The molecular formula is C21H17F2NO2. The van der Waals surface area contributed by atoms with E-state index in [2.05, 4.69) is 5.32 Å². The van der Waals surface area contributed by atoms with Gasteiger partial charge in [0.25, 0.3) is 5.91 Å². The van der Waals surface area contributed by atoms with E-state index in [4.69, 9.17) is 4.74 Å². The van der Waals surface area contributed by atoms with E-state index < -0.39 is 17.5 Å². The molecule has 1 amide bonds. The molecule has 0 saturated heterocycles. The van der Waals surface area contributed by atoms with E-state index in [9.17, 15) is 13.6 Å². The maximum Gasteiger partial charge on any atom is 0.254 e. The van der Waals surface area contributed by atoms with Crippen molar-refractivity contribution in [3.63, 3.8) is 0 Å². The molecule has 132 valence electrons. The minimum atomic E-state index is -1.15. The molecule has 0 heterocycles. The summed E-state index contributed by atoms with van der Waals surface area (Å²) in [6.07, 6.45) is 0. The molecule has 3 rings (SSSR count). The molecule has 0 atom stereocenters. The largest absolute Gasteiger partial charge is 0.491 e. The van der Waals surface area contributed by atoms with Gasteiger partial charge < -0.3 is 10.1 Å². The van der Waals surface area contributed by atoms with Crippen molar-refractivity contribution in [2.75, 3.05) is 13.2 Å². The Hall–Kier alpha value is -3.21. The zero-order valence-electron chi connectivity index (χ0n) is 13.9. The summed E-state index contributed by atoms with van der Waals surface area (Å²) in [5.41, 5.74) is 1.64. The van der Waals surface area contributed by atoms with Gasteiger partial charge in [0.15, 0.2) is 11.6 Å². The number of hydrogen-bond acceptors (Lipinski definition) is 2. The molecule has 0 saturated carbocycles. The van der Waals surface area contributed by atoms with E-state index in [0.29, 0.717) is 5.75 Å². The Morgan fingerprint density at radius 2 is 1.62 bits per heavy atom. The Labute approximate surface area is 150 Å². The van der Waals surface area contributed by atoms with Crippen LogP contribution in [0.15, 0.2) is 72.8 Å². The molecule has 1 N–H and O–H groups in total. The van der Waals surface area contributed by atoms with E-state index in [0.717, 1.165) is 17.2 Å². The van der Waals surface area contributed by atoms with Crippen molar-refractivity contribution in [3.05, 3.63) is 90.0 Å². The molecule has 0 aromatic heterocycles. The van der Waals surface area contributed by atoms with Gasteiger partial charge in [0.2, 0.25) is 0 Å². The van der Waals surface area contributed by atoms with Crippen LogP contribution in [0.5, 0.6) is 5.75 Å². The third-order valence-corrected chi connectivity index (χ3v) is 3.81. The first-order valence-corrected chi connectivity index (χ1v) is 8.16. The molecule has 0 radical (unpaired) electrons. The molecule has 0 fully saturated rings. The number of para-hydroxylation sites is 1. The fourth-order valence-electron chi connectivity index (χ4n) is 2.55. The zero-order valence-corrected chi connectivity index (χ0v) is 13.9. The summed E-state index contributed by atoms with van der Waals surface area (Å²) in [4.78, 5) is 11.9. The van der Waals surface area contributed by atoms with Crippen LogP contribution in [0.3, 0.4) is 0 Å². The molecule has 3 nitrogen and oxygen atoms in total. The Bertz CT molecular complexity index is 898. The molecule has 5 heteroatoms. The van der Waals surface area contributed by atoms with Crippen LogP contribution in [0.1, 0.15) is 10.4 Å². The van der Waals surface area contributed by atoms with Gasteiger partial charge in [0.1, 0.15) is 12.4 Å². The van der Waals surface area contributed by atoms with Gasteiger partial charge in [-0.2, -0.15) is 0 Å². The van der Waals surface area contributed by atoms with Crippen LogP contribution in [-0.4, -0.2) is 19.1 Å². The normalized spacial score (nSPS) is 10.4. The highest BCUT2D eigenvalue weighted by molar-refractivity contribution is 5.94. The average molecular weight is 353 g/mol. The molecule has 0 unspecified atom stereocenters. The number of amides is 1. The number of hydrogen-bond donors (Lipinski definition) is 1. The summed E-state index contributed by atoms with van der Waals surface area (Å²) in [5.74, 6) is -2.20. The third-order valence-electron chi connectivity index (χ3n) is 3.81. The summed E-state index contributed by atoms with van der Waals surface area (Å²) < 4.78 is 32.5. The number of carbonyl (C=O) groups is 1. The van der Waals surface area contributed by atoms with Crippen LogP contribution in [0.4, 0.5) is 8.78 Å². The minimum absolute atomic E-state index is 0.165. The van der Waals surface area contributed by atoms with Gasteiger partial charge in [-0.3, -0.25) is 4.79 Å². The van der Waals surface area contributed by atoms with Crippen LogP contribution in [0.25, 0.3) is 11.1 Å². The van der Waals surface area contributed by atoms with Gasteiger partial charge in [-0.25, -0.2) is 8.78 Å². The number of benzene rings is 3. The van der Waals surface area contributed by atoms with Crippen LogP contribution >= 0.6 is 0 Å². The summed E-state index contributed by atoms with van der Waals surface area (Å²) in [6.45, 7) is 0.366. The Morgan fingerprint density at radius 3 is 2.42 bits per heavy atom. The van der Waals surface area contributed by atoms with Crippen molar-refractivity contribution in [1.29, 1.82) is 0 Å². The second-order valence-corrected chi connectivity index (χ2v) is 5.57. The first-order valence-electron chi connectivity index (χ1n) is 8.16. The lowest BCUT2D eigenvalue weighted by Crippen LogP contribution is -2.29. The maximum atomic E-state index is 13.6. The van der Waals surface area contributed by atoms with E-state index in [1.165, 1.54) is 12.1 Å². The predicted molar refractivity (Wildman–Crippen MR) is 96.1 cm³/mol. The van der Waals surface area contributed by atoms with Crippen molar-refractivity contribution in [2.45, 2.75) is 0 Å². The maximum absolute atomic E-state index is 13.6. The standard InChI is InChI=1S/C21H17F2NO2/c22-18-11-6-10-17(20(18)23)21(25)24-13-14-26-19-12-5-4-9-16(19)15-7-2-1-3-8-15/h1-12H,13-14H2,(H,24,25). The van der Waals surface area contributed by atoms with Crippen LogP contribution in [0.2, 0.25) is 0 Å². The molecule has 3 aromatic rings. The first-order chi connectivity index (χ1) is 12.7. The molecule has 0 spiro atoms. The zero-order chi connectivity index (χ0) is 18.4. The third kappa shape index (κ3) is 4.06. The monoisotopic (exact) mass is 353 g/mol. The predicted octanol–water partition coefficient (Wildman–Crippen LogP) is 4.44. The smallest absolute Gasteiger partial charge is 0.254 e. The Morgan fingerprint density at radius 1 is 0.885 bits per heavy atom. The Kier molecular flexibility index (Phi) is 5.59. The number of ether oxygens (including phenoxy) is 1. The topological polar surface area (TPSA) is 38.3 Å². The van der Waals surface area contributed by atoms with Crippen molar-refractivity contribution < 1.29 is 18.3 Å². The molecule has 0 aliphatic rings. The summed E-state index contributed by atoms with van der Waals surface area (Å²) in [5, 5.41) is 2.53. The number of carbonyl (C=O) groups excluding carboxylic acids is 1. The van der Waals surface area contributed by atoms with E-state index in [1.807, 2.05) is 54.6 Å². The van der Waals surface area contributed by atoms with Gasteiger partial charge in [0.05, 0.1) is 12.1 Å². The fourth-order valence-corrected chi connectivity index (χ4v) is 2.55. The lowest BCUT2D eigenvalue weighted by molar-refractivity contribution is 0.0942. The van der Waals surface area contributed by atoms with Crippen LogP contribution in [-0.2, 0) is 0 Å². The van der Waals surface area contributed by atoms with Crippen molar-refractivity contribution >= 4 is 5.91 Å². The van der Waals surface area contributed by atoms with Gasteiger partial charge in [-0.05, 0) is 23.8 Å². The second-order valence-electron chi connectivity index (χ2n) is 5.57.